The number of hydrogen-bond donors (Lipinski definition) is 1. The van der Waals surface area contributed by atoms with E-state index in [4.69, 9.17) is 5.11 Å². The first-order valence-corrected chi connectivity index (χ1v) is 4.76. The number of aromatic nitrogens is 2. The molecule has 0 saturated carbocycles. The van der Waals surface area contributed by atoms with Crippen LogP contribution in [0.1, 0.15) is 23.9 Å². The molecule has 0 spiro atoms. The molecule has 5 nitrogen and oxygen atoms in total. The van der Waals surface area contributed by atoms with Gasteiger partial charge in [0.05, 0.1) is 5.69 Å². The van der Waals surface area contributed by atoms with Gasteiger partial charge < -0.3 is 5.11 Å². The Labute approximate surface area is 87.7 Å². The Morgan fingerprint density at radius 2 is 2.00 bits per heavy atom. The minimum atomic E-state index is -1.39. The SMILES string of the molecule is CCn1nc(C)c(CC(=O)C(=O)O)c1C. The van der Waals surface area contributed by atoms with Crippen molar-refractivity contribution in [3.8, 4) is 0 Å². The van der Waals surface area contributed by atoms with Crippen LogP contribution in [0.25, 0.3) is 0 Å². The maximum absolute atomic E-state index is 11.1. The predicted molar refractivity (Wildman–Crippen MR) is 53.7 cm³/mol. The molecule has 1 aromatic heterocycles. The van der Waals surface area contributed by atoms with Gasteiger partial charge in [-0.3, -0.25) is 9.48 Å². The number of carboxylic acid groups (broad SMARTS) is 1. The maximum Gasteiger partial charge on any atom is 0.372 e. The van der Waals surface area contributed by atoms with Crippen LogP contribution < -0.4 is 0 Å². The monoisotopic (exact) mass is 210 g/mol. The molecule has 0 saturated heterocycles. The average Bonchev–Trinajstić information content (AvgIpc) is 2.44. The van der Waals surface area contributed by atoms with Gasteiger partial charge >= 0.3 is 5.97 Å². The molecule has 1 N–H and O–H groups in total. The fraction of sp³-hybridized carbons (Fsp3) is 0.500. The van der Waals surface area contributed by atoms with Gasteiger partial charge in [0.2, 0.25) is 5.78 Å². The molecule has 0 aliphatic rings. The minimum absolute atomic E-state index is 0.0764. The highest BCUT2D eigenvalue weighted by Gasteiger charge is 2.18. The zero-order valence-electron chi connectivity index (χ0n) is 9.07. The summed E-state index contributed by atoms with van der Waals surface area (Å²) in [5.41, 5.74) is 2.32. The second-order valence-electron chi connectivity index (χ2n) is 3.37. The lowest BCUT2D eigenvalue weighted by Gasteiger charge is -2.00. The summed E-state index contributed by atoms with van der Waals surface area (Å²) in [6, 6.07) is 0. The smallest absolute Gasteiger partial charge is 0.372 e. The molecule has 1 heterocycles. The number of hydrogen-bond acceptors (Lipinski definition) is 3. The second-order valence-corrected chi connectivity index (χ2v) is 3.37. The van der Waals surface area contributed by atoms with E-state index in [-0.39, 0.29) is 6.42 Å². The number of ketones is 1. The van der Waals surface area contributed by atoms with E-state index < -0.39 is 11.8 Å². The molecule has 0 radical (unpaired) electrons. The second kappa shape index (κ2) is 4.25. The quantitative estimate of drug-likeness (QED) is 0.743. The molecule has 5 heteroatoms. The van der Waals surface area contributed by atoms with Gasteiger partial charge in [-0.15, -0.1) is 0 Å². The summed E-state index contributed by atoms with van der Waals surface area (Å²) >= 11 is 0. The van der Waals surface area contributed by atoms with Crippen LogP contribution in [-0.4, -0.2) is 26.6 Å². The number of aryl methyl sites for hydroxylation is 2. The van der Waals surface area contributed by atoms with E-state index in [0.29, 0.717) is 6.54 Å². The molecule has 0 aliphatic heterocycles. The van der Waals surface area contributed by atoms with E-state index in [1.807, 2.05) is 13.8 Å². The molecule has 1 aromatic rings. The largest absolute Gasteiger partial charge is 0.475 e. The van der Waals surface area contributed by atoms with Gasteiger partial charge in [0.25, 0.3) is 0 Å². The van der Waals surface area contributed by atoms with Crippen molar-refractivity contribution in [3.63, 3.8) is 0 Å². The summed E-state index contributed by atoms with van der Waals surface area (Å²) in [6.07, 6.45) is -0.0764. The van der Waals surface area contributed by atoms with E-state index in [1.165, 1.54) is 0 Å². The van der Waals surface area contributed by atoms with Crippen LogP contribution in [0.2, 0.25) is 0 Å². The summed E-state index contributed by atoms with van der Waals surface area (Å²) in [7, 11) is 0. The molecule has 1 rings (SSSR count). The summed E-state index contributed by atoms with van der Waals surface area (Å²) in [5.74, 6) is -2.19. The lowest BCUT2D eigenvalue weighted by molar-refractivity contribution is -0.148. The number of Topliss-reactive ketones (excluding diaryl/α,β-unsaturated/α-hetero) is 1. The topological polar surface area (TPSA) is 72.2 Å². The van der Waals surface area contributed by atoms with Crippen molar-refractivity contribution in [3.05, 3.63) is 17.0 Å². The third kappa shape index (κ3) is 2.23. The fourth-order valence-electron chi connectivity index (χ4n) is 1.53. The number of carboxylic acids is 1. The highest BCUT2D eigenvalue weighted by atomic mass is 16.4. The Kier molecular flexibility index (Phi) is 3.24. The van der Waals surface area contributed by atoms with Gasteiger partial charge in [-0.05, 0) is 20.8 Å². The van der Waals surface area contributed by atoms with Crippen molar-refractivity contribution in [2.45, 2.75) is 33.7 Å². The van der Waals surface area contributed by atoms with Crippen LogP contribution in [0.5, 0.6) is 0 Å². The normalized spacial score (nSPS) is 10.3. The number of rotatable bonds is 4. The van der Waals surface area contributed by atoms with Crippen molar-refractivity contribution < 1.29 is 14.7 Å². The van der Waals surface area contributed by atoms with Gasteiger partial charge in [0, 0.05) is 24.2 Å². The first-order chi connectivity index (χ1) is 6.97. The third-order valence-electron chi connectivity index (χ3n) is 2.41. The molecule has 15 heavy (non-hydrogen) atoms. The van der Waals surface area contributed by atoms with E-state index in [9.17, 15) is 9.59 Å². The Morgan fingerprint density at radius 1 is 1.40 bits per heavy atom. The van der Waals surface area contributed by atoms with E-state index >= 15 is 0 Å². The zero-order chi connectivity index (χ0) is 11.6. The Hall–Kier alpha value is -1.65. The van der Waals surface area contributed by atoms with Crippen LogP contribution >= 0.6 is 0 Å². The lowest BCUT2D eigenvalue weighted by atomic mass is 10.1. The maximum atomic E-state index is 11.1. The van der Waals surface area contributed by atoms with Gasteiger partial charge in [-0.1, -0.05) is 0 Å². The first-order valence-electron chi connectivity index (χ1n) is 4.76. The highest BCUT2D eigenvalue weighted by molar-refractivity contribution is 6.33. The van der Waals surface area contributed by atoms with E-state index in [2.05, 4.69) is 5.10 Å². The number of carbonyl (C=O) groups is 2. The Morgan fingerprint density at radius 3 is 2.40 bits per heavy atom. The molecule has 0 aliphatic carbocycles. The van der Waals surface area contributed by atoms with Crippen molar-refractivity contribution >= 4 is 11.8 Å². The fourth-order valence-corrected chi connectivity index (χ4v) is 1.53. The van der Waals surface area contributed by atoms with E-state index in [1.54, 1.807) is 11.6 Å². The molecular weight excluding hydrogens is 196 g/mol. The van der Waals surface area contributed by atoms with Gasteiger partial charge in [-0.25, -0.2) is 4.79 Å². The predicted octanol–water partition coefficient (Wildman–Crippen LogP) is 0.716. The molecule has 0 atom stereocenters. The molecular formula is C10H14N2O3. The van der Waals surface area contributed by atoms with Crippen molar-refractivity contribution in [2.75, 3.05) is 0 Å². The highest BCUT2D eigenvalue weighted by Crippen LogP contribution is 2.13. The Bertz CT molecular complexity index is 407. The van der Waals surface area contributed by atoms with Crippen molar-refractivity contribution in [1.29, 1.82) is 0 Å². The lowest BCUT2D eigenvalue weighted by Crippen LogP contribution is -2.16. The Balaban J connectivity index is 2.99. The number of aliphatic carboxylic acids is 1. The average molecular weight is 210 g/mol. The van der Waals surface area contributed by atoms with E-state index in [0.717, 1.165) is 17.0 Å². The molecule has 82 valence electrons. The number of carbonyl (C=O) groups excluding carboxylic acids is 1. The number of nitrogens with zero attached hydrogens (tertiary/aromatic N) is 2. The molecule has 0 bridgehead atoms. The van der Waals surface area contributed by atoms with Crippen LogP contribution in [0.15, 0.2) is 0 Å². The zero-order valence-corrected chi connectivity index (χ0v) is 9.07. The molecule has 0 aromatic carbocycles. The van der Waals surface area contributed by atoms with Crippen LogP contribution in [0.4, 0.5) is 0 Å². The molecule has 0 fully saturated rings. The third-order valence-corrected chi connectivity index (χ3v) is 2.41. The minimum Gasteiger partial charge on any atom is -0.475 e. The first kappa shape index (κ1) is 11.4. The molecule has 0 unspecified atom stereocenters. The summed E-state index contributed by atoms with van der Waals surface area (Å²) < 4.78 is 1.76. The van der Waals surface area contributed by atoms with Gasteiger partial charge in [0.1, 0.15) is 0 Å². The van der Waals surface area contributed by atoms with Gasteiger partial charge in [0.15, 0.2) is 0 Å². The van der Waals surface area contributed by atoms with Gasteiger partial charge in [-0.2, -0.15) is 5.10 Å². The summed E-state index contributed by atoms with van der Waals surface area (Å²) in [4.78, 5) is 21.5. The van der Waals surface area contributed by atoms with Crippen LogP contribution in [0.3, 0.4) is 0 Å². The standard InChI is InChI=1S/C10H14N2O3/c1-4-12-7(3)8(6(2)11-12)5-9(13)10(14)15/h4-5H2,1-3H3,(H,14,15). The van der Waals surface area contributed by atoms with Crippen LogP contribution in [-0.2, 0) is 22.6 Å². The molecule has 0 amide bonds. The summed E-state index contributed by atoms with van der Waals surface area (Å²) in [6.45, 7) is 6.29. The van der Waals surface area contributed by atoms with Crippen molar-refractivity contribution in [1.82, 2.24) is 9.78 Å². The summed E-state index contributed by atoms with van der Waals surface area (Å²) in [5, 5.41) is 12.7. The van der Waals surface area contributed by atoms with Crippen LogP contribution in [0, 0.1) is 13.8 Å². The van der Waals surface area contributed by atoms with Crippen molar-refractivity contribution in [2.24, 2.45) is 0 Å².